The molecular weight excluding hydrogens is 387 g/mol. The van der Waals surface area contributed by atoms with Crippen LogP contribution in [0.5, 0.6) is 5.75 Å². The average Bonchev–Trinajstić information content (AvgIpc) is 3.27. The minimum atomic E-state index is -0.626. The van der Waals surface area contributed by atoms with Crippen molar-refractivity contribution < 1.29 is 18.3 Å². The van der Waals surface area contributed by atoms with Gasteiger partial charge < -0.3 is 9.15 Å². The first kappa shape index (κ1) is 18.4. The van der Waals surface area contributed by atoms with Crippen LogP contribution in [-0.2, 0) is 25.3 Å². The van der Waals surface area contributed by atoms with E-state index in [1.807, 2.05) is 0 Å². The molecule has 150 valence electrons. The molecule has 0 atom stereocenters. The number of nitrogens with zero attached hydrogens (tertiary/aromatic N) is 4. The Kier molecular flexibility index (Phi) is 4.18. The Labute approximate surface area is 160 Å². The molecule has 4 rings (SSSR count). The number of oxazole rings is 1. The summed E-state index contributed by atoms with van der Waals surface area (Å²) in [6, 6.07) is 2.31. The van der Waals surface area contributed by atoms with Gasteiger partial charge in [0.2, 0.25) is 5.91 Å². The number of anilines is 1. The van der Waals surface area contributed by atoms with Crippen LogP contribution < -0.4 is 21.3 Å². The number of nitrogens with one attached hydrogen (secondary N) is 2. The standard InChI is InChI=1S/C17H15FN6O5/c1-23-14-13(15(26)24(2)17(23)27)9(21-22-14)6-12(25)20-16-19-8-5-10(28-3)7(18)4-11(8)29-16/h4-5H,6H2,1-3H3,(H,21,22)(H,19,20,25). The molecule has 1 aromatic carbocycles. The lowest BCUT2D eigenvalue weighted by molar-refractivity contribution is -0.115. The second-order valence-electron chi connectivity index (χ2n) is 6.30. The molecule has 0 spiro atoms. The smallest absolute Gasteiger partial charge is 0.332 e. The minimum absolute atomic E-state index is 0.00550. The van der Waals surface area contributed by atoms with Crippen molar-refractivity contribution in [2.24, 2.45) is 14.1 Å². The topological polar surface area (TPSA) is 137 Å². The van der Waals surface area contributed by atoms with Crippen molar-refractivity contribution in [1.82, 2.24) is 24.3 Å². The van der Waals surface area contributed by atoms with E-state index >= 15 is 0 Å². The zero-order valence-electron chi connectivity index (χ0n) is 15.6. The number of hydrogen-bond donors (Lipinski definition) is 2. The molecule has 11 nitrogen and oxygen atoms in total. The maximum atomic E-state index is 13.8. The Balaban J connectivity index is 1.63. The summed E-state index contributed by atoms with van der Waals surface area (Å²) in [6.07, 6.45) is -0.250. The highest BCUT2D eigenvalue weighted by atomic mass is 19.1. The molecule has 0 radical (unpaired) electrons. The summed E-state index contributed by atoms with van der Waals surface area (Å²) in [5.41, 5.74) is -0.282. The second-order valence-corrected chi connectivity index (χ2v) is 6.30. The minimum Gasteiger partial charge on any atom is -0.494 e. The Morgan fingerprint density at radius 2 is 2.07 bits per heavy atom. The van der Waals surface area contributed by atoms with Gasteiger partial charge in [-0.2, -0.15) is 10.1 Å². The van der Waals surface area contributed by atoms with Gasteiger partial charge in [0.25, 0.3) is 5.56 Å². The number of amides is 1. The summed E-state index contributed by atoms with van der Waals surface area (Å²) in [6.45, 7) is 0. The van der Waals surface area contributed by atoms with E-state index in [-0.39, 0.29) is 40.5 Å². The fourth-order valence-electron chi connectivity index (χ4n) is 3.00. The molecule has 1 amide bonds. The van der Waals surface area contributed by atoms with Gasteiger partial charge in [-0.25, -0.2) is 9.18 Å². The van der Waals surface area contributed by atoms with Crippen LogP contribution in [0.1, 0.15) is 5.69 Å². The number of benzene rings is 1. The van der Waals surface area contributed by atoms with E-state index in [1.54, 1.807) is 0 Å². The van der Waals surface area contributed by atoms with Crippen LogP contribution in [-0.4, -0.2) is 37.3 Å². The molecular formula is C17H15FN6O5. The van der Waals surface area contributed by atoms with Gasteiger partial charge in [-0.1, -0.05) is 0 Å². The Bertz CT molecular complexity index is 1400. The predicted octanol–water partition coefficient (Wildman–Crippen LogP) is 0.430. The third kappa shape index (κ3) is 2.94. The molecule has 0 bridgehead atoms. The highest BCUT2D eigenvalue weighted by Gasteiger charge is 2.19. The van der Waals surface area contributed by atoms with Crippen molar-refractivity contribution in [1.29, 1.82) is 0 Å². The third-order valence-corrected chi connectivity index (χ3v) is 4.48. The number of rotatable bonds is 4. The highest BCUT2D eigenvalue weighted by molar-refractivity contribution is 5.93. The maximum absolute atomic E-state index is 13.8. The van der Waals surface area contributed by atoms with Crippen LogP contribution in [0.25, 0.3) is 22.1 Å². The quantitative estimate of drug-likeness (QED) is 0.505. The van der Waals surface area contributed by atoms with E-state index in [0.29, 0.717) is 5.52 Å². The van der Waals surface area contributed by atoms with Crippen molar-refractivity contribution in [2.45, 2.75) is 6.42 Å². The lowest BCUT2D eigenvalue weighted by Gasteiger charge is -2.03. The normalized spacial score (nSPS) is 11.3. The molecule has 0 unspecified atom stereocenters. The van der Waals surface area contributed by atoms with Crippen molar-refractivity contribution in [2.75, 3.05) is 12.4 Å². The van der Waals surface area contributed by atoms with E-state index in [2.05, 4.69) is 20.5 Å². The SMILES string of the molecule is COc1cc2nc(NC(=O)Cc3[nH]nc4c3c(=O)n(C)c(=O)n4C)oc2cc1F. The molecule has 0 aliphatic heterocycles. The molecule has 3 aromatic heterocycles. The number of aryl methyl sites for hydroxylation is 1. The number of carbonyl (C=O) groups is 1. The van der Waals surface area contributed by atoms with Gasteiger partial charge in [0.1, 0.15) is 10.9 Å². The van der Waals surface area contributed by atoms with E-state index in [1.165, 1.54) is 31.8 Å². The number of hydrogen-bond acceptors (Lipinski definition) is 7. The number of methoxy groups -OCH3 is 1. The molecule has 0 fully saturated rings. The van der Waals surface area contributed by atoms with Gasteiger partial charge in [-0.15, -0.1) is 0 Å². The molecule has 29 heavy (non-hydrogen) atoms. The van der Waals surface area contributed by atoms with Gasteiger partial charge in [-0.05, 0) is 0 Å². The Hall–Kier alpha value is -3.96. The molecule has 12 heteroatoms. The lowest BCUT2D eigenvalue weighted by Crippen LogP contribution is -2.37. The van der Waals surface area contributed by atoms with E-state index in [4.69, 9.17) is 9.15 Å². The number of carbonyl (C=O) groups excluding carboxylic acids is 1. The average molecular weight is 402 g/mol. The molecule has 3 heterocycles. The second kappa shape index (κ2) is 6.58. The number of halogens is 1. The molecule has 4 aromatic rings. The summed E-state index contributed by atoms with van der Waals surface area (Å²) in [4.78, 5) is 40.9. The first-order valence-electron chi connectivity index (χ1n) is 8.37. The molecule has 0 aliphatic rings. The number of aromatic amines is 1. The van der Waals surface area contributed by atoms with Gasteiger partial charge in [0.15, 0.2) is 22.8 Å². The van der Waals surface area contributed by atoms with Crippen LogP contribution in [0.2, 0.25) is 0 Å². The van der Waals surface area contributed by atoms with E-state index in [9.17, 15) is 18.8 Å². The Morgan fingerprint density at radius 1 is 1.31 bits per heavy atom. The summed E-state index contributed by atoms with van der Waals surface area (Å²) >= 11 is 0. The summed E-state index contributed by atoms with van der Waals surface area (Å²) < 4.78 is 26.1. The van der Waals surface area contributed by atoms with E-state index in [0.717, 1.165) is 10.6 Å². The largest absolute Gasteiger partial charge is 0.494 e. The van der Waals surface area contributed by atoms with Crippen molar-refractivity contribution in [3.63, 3.8) is 0 Å². The molecule has 0 saturated carbocycles. The molecule has 0 aliphatic carbocycles. The van der Waals surface area contributed by atoms with Gasteiger partial charge >= 0.3 is 11.7 Å². The van der Waals surface area contributed by atoms with Crippen molar-refractivity contribution in [3.8, 4) is 5.75 Å². The molecule has 0 saturated heterocycles. The first-order valence-corrected chi connectivity index (χ1v) is 8.37. The van der Waals surface area contributed by atoms with Crippen LogP contribution in [0.4, 0.5) is 10.4 Å². The van der Waals surface area contributed by atoms with Crippen LogP contribution >= 0.6 is 0 Å². The summed E-state index contributed by atoms with van der Waals surface area (Å²) in [7, 11) is 4.13. The lowest BCUT2D eigenvalue weighted by atomic mass is 10.2. The molecule has 2 N–H and O–H groups in total. The number of aromatic nitrogens is 5. The van der Waals surface area contributed by atoms with Gasteiger partial charge in [0, 0.05) is 26.2 Å². The fraction of sp³-hybridized carbons (Fsp3) is 0.235. The van der Waals surface area contributed by atoms with Gasteiger partial charge in [0.05, 0.1) is 19.2 Å². The number of ether oxygens (including phenoxy) is 1. The Morgan fingerprint density at radius 3 is 2.79 bits per heavy atom. The number of fused-ring (bicyclic) bond motifs is 2. The monoisotopic (exact) mass is 402 g/mol. The van der Waals surface area contributed by atoms with Gasteiger partial charge in [-0.3, -0.25) is 29.1 Å². The summed E-state index contributed by atoms with van der Waals surface area (Å²) in [5.74, 6) is -1.18. The van der Waals surface area contributed by atoms with Crippen molar-refractivity contribution in [3.05, 3.63) is 44.5 Å². The zero-order chi connectivity index (χ0) is 20.9. The number of H-pyrrole nitrogens is 1. The fourth-order valence-corrected chi connectivity index (χ4v) is 3.00. The first-order chi connectivity index (χ1) is 13.8. The highest BCUT2D eigenvalue weighted by Crippen LogP contribution is 2.26. The predicted molar refractivity (Wildman–Crippen MR) is 99.4 cm³/mol. The third-order valence-electron chi connectivity index (χ3n) is 4.48. The van der Waals surface area contributed by atoms with Crippen LogP contribution in [0.15, 0.2) is 26.1 Å². The van der Waals surface area contributed by atoms with E-state index < -0.39 is 23.0 Å². The summed E-state index contributed by atoms with van der Waals surface area (Å²) in [5, 5.41) is 9.15. The maximum Gasteiger partial charge on any atom is 0.332 e. The zero-order valence-corrected chi connectivity index (χ0v) is 15.6. The van der Waals surface area contributed by atoms with Crippen LogP contribution in [0.3, 0.4) is 0 Å². The van der Waals surface area contributed by atoms with Crippen molar-refractivity contribution >= 4 is 34.1 Å². The van der Waals surface area contributed by atoms with Crippen LogP contribution in [0, 0.1) is 5.82 Å².